The summed E-state index contributed by atoms with van der Waals surface area (Å²) in [5, 5.41) is 17.2. The number of aliphatic hydroxyl groups excluding tert-OH is 1. The molecule has 1 aliphatic rings. The van der Waals surface area contributed by atoms with Crippen molar-refractivity contribution in [2.75, 3.05) is 6.61 Å². The van der Waals surface area contributed by atoms with Gasteiger partial charge >= 0.3 is 0 Å². The topological polar surface area (TPSA) is 94.0 Å². The number of carbonyl (C=O) groups is 1. The van der Waals surface area contributed by atoms with E-state index < -0.39 is 5.91 Å². The fourth-order valence-corrected chi connectivity index (χ4v) is 1.90. The summed E-state index contributed by atoms with van der Waals surface area (Å²) in [7, 11) is 0. The Morgan fingerprint density at radius 1 is 1.56 bits per heavy atom. The zero-order chi connectivity index (χ0) is 13.3. The number of amides is 1. The number of nitrogens with zero attached hydrogens (tertiary/aromatic N) is 3. The number of hydrogen-bond acceptors (Lipinski definition) is 4. The minimum Gasteiger partial charge on any atom is -0.396 e. The van der Waals surface area contributed by atoms with Crippen LogP contribution >= 0.6 is 0 Å². The Morgan fingerprint density at radius 2 is 2.22 bits per heavy atom. The molecule has 0 saturated heterocycles. The third-order valence-corrected chi connectivity index (χ3v) is 3.26. The van der Waals surface area contributed by atoms with Crippen LogP contribution in [0.25, 0.3) is 0 Å². The normalized spacial score (nSPS) is 15.9. The summed E-state index contributed by atoms with van der Waals surface area (Å²) in [5.74, 6) is 0.0938. The van der Waals surface area contributed by atoms with Crippen molar-refractivity contribution < 1.29 is 9.90 Å². The van der Waals surface area contributed by atoms with Crippen LogP contribution in [0.15, 0.2) is 0 Å². The molecule has 0 aliphatic heterocycles. The molecule has 0 aromatic carbocycles. The minimum atomic E-state index is -0.529. The maximum Gasteiger partial charge on any atom is 0.271 e. The molecule has 0 radical (unpaired) electrons. The second kappa shape index (κ2) is 4.68. The van der Waals surface area contributed by atoms with E-state index >= 15 is 0 Å². The van der Waals surface area contributed by atoms with Crippen LogP contribution in [-0.2, 0) is 13.0 Å². The Labute approximate surface area is 106 Å². The van der Waals surface area contributed by atoms with Gasteiger partial charge in [0.2, 0.25) is 0 Å². The van der Waals surface area contributed by atoms with Crippen molar-refractivity contribution in [3.8, 4) is 0 Å². The lowest BCUT2D eigenvalue weighted by molar-refractivity contribution is 0.0994. The summed E-state index contributed by atoms with van der Waals surface area (Å²) in [6.07, 6.45) is 3.17. The fraction of sp³-hybridized carbons (Fsp3) is 0.750. The molecule has 1 fully saturated rings. The molecule has 1 aromatic rings. The van der Waals surface area contributed by atoms with E-state index in [1.165, 1.54) is 12.8 Å². The summed E-state index contributed by atoms with van der Waals surface area (Å²) < 4.78 is 1.72. The Kier molecular flexibility index (Phi) is 3.38. The summed E-state index contributed by atoms with van der Waals surface area (Å²) >= 11 is 0. The molecule has 100 valence electrons. The van der Waals surface area contributed by atoms with E-state index in [0.717, 1.165) is 12.1 Å². The molecule has 0 spiro atoms. The van der Waals surface area contributed by atoms with Crippen molar-refractivity contribution in [2.24, 2.45) is 17.1 Å². The lowest BCUT2D eigenvalue weighted by atomic mass is 9.95. The third-order valence-electron chi connectivity index (χ3n) is 3.26. The molecule has 3 N–H and O–H groups in total. The molecule has 6 heteroatoms. The summed E-state index contributed by atoms with van der Waals surface area (Å²) in [6, 6.07) is 0. The highest BCUT2D eigenvalue weighted by atomic mass is 16.3. The standard InChI is InChI=1S/C12H20N4O2/c1-12(2,7-17)6-16-9(5-8-3-4-8)10(11(13)18)14-15-16/h8,17H,3-7H2,1-2H3,(H2,13,18). The number of aliphatic hydroxyl groups is 1. The van der Waals surface area contributed by atoms with Crippen LogP contribution in [0.3, 0.4) is 0 Å². The molecule has 6 nitrogen and oxygen atoms in total. The molecule has 1 saturated carbocycles. The van der Waals surface area contributed by atoms with Gasteiger partial charge in [-0.15, -0.1) is 5.10 Å². The first-order valence-electron chi connectivity index (χ1n) is 6.26. The summed E-state index contributed by atoms with van der Waals surface area (Å²) in [4.78, 5) is 11.3. The van der Waals surface area contributed by atoms with Crippen molar-refractivity contribution >= 4 is 5.91 Å². The van der Waals surface area contributed by atoms with Gasteiger partial charge in [0.05, 0.1) is 12.2 Å². The second-order valence-corrected chi connectivity index (χ2v) is 5.88. The first-order valence-corrected chi connectivity index (χ1v) is 6.26. The van der Waals surface area contributed by atoms with Crippen LogP contribution < -0.4 is 5.73 Å². The van der Waals surface area contributed by atoms with Crippen LogP contribution in [0.2, 0.25) is 0 Å². The van der Waals surface area contributed by atoms with Crippen molar-refractivity contribution in [1.29, 1.82) is 0 Å². The Hall–Kier alpha value is -1.43. The first-order chi connectivity index (χ1) is 8.43. The maximum absolute atomic E-state index is 11.3. The lowest BCUT2D eigenvalue weighted by Gasteiger charge is -2.22. The smallest absolute Gasteiger partial charge is 0.271 e. The average molecular weight is 252 g/mol. The number of carbonyl (C=O) groups excluding carboxylic acids is 1. The predicted molar refractivity (Wildman–Crippen MR) is 65.8 cm³/mol. The van der Waals surface area contributed by atoms with Crippen molar-refractivity contribution in [3.63, 3.8) is 0 Å². The molecule has 0 unspecified atom stereocenters. The largest absolute Gasteiger partial charge is 0.396 e. The molecule has 1 amide bonds. The van der Waals surface area contributed by atoms with E-state index in [-0.39, 0.29) is 17.7 Å². The van der Waals surface area contributed by atoms with Crippen LogP contribution in [0.4, 0.5) is 0 Å². The van der Waals surface area contributed by atoms with Gasteiger partial charge in [-0.05, 0) is 25.2 Å². The molecule has 1 heterocycles. The van der Waals surface area contributed by atoms with Gasteiger partial charge in [-0.2, -0.15) is 0 Å². The van der Waals surface area contributed by atoms with E-state index in [9.17, 15) is 9.90 Å². The molecule has 0 bridgehead atoms. The van der Waals surface area contributed by atoms with E-state index in [2.05, 4.69) is 10.3 Å². The van der Waals surface area contributed by atoms with Crippen molar-refractivity contribution in [2.45, 2.75) is 39.7 Å². The van der Waals surface area contributed by atoms with Crippen LogP contribution in [0, 0.1) is 11.3 Å². The van der Waals surface area contributed by atoms with Gasteiger partial charge in [0.15, 0.2) is 5.69 Å². The van der Waals surface area contributed by atoms with Crippen molar-refractivity contribution in [1.82, 2.24) is 15.0 Å². The molecular formula is C12H20N4O2. The molecule has 0 atom stereocenters. The van der Waals surface area contributed by atoms with Gasteiger partial charge in [-0.25, -0.2) is 4.68 Å². The zero-order valence-electron chi connectivity index (χ0n) is 10.9. The Morgan fingerprint density at radius 3 is 2.72 bits per heavy atom. The highest BCUT2D eigenvalue weighted by molar-refractivity contribution is 5.91. The molecule has 1 aromatic heterocycles. The summed E-state index contributed by atoms with van der Waals surface area (Å²) in [5.41, 5.74) is 6.11. The van der Waals surface area contributed by atoms with Gasteiger partial charge in [0.1, 0.15) is 0 Å². The Bertz CT molecular complexity index is 449. The molecule has 2 rings (SSSR count). The minimum absolute atomic E-state index is 0.0572. The van der Waals surface area contributed by atoms with Crippen LogP contribution in [0.5, 0.6) is 0 Å². The molecule has 18 heavy (non-hydrogen) atoms. The quantitative estimate of drug-likeness (QED) is 0.763. The number of nitrogens with two attached hydrogens (primary N) is 1. The third kappa shape index (κ3) is 2.87. The average Bonchev–Trinajstić information content (AvgIpc) is 3.02. The first kappa shape index (κ1) is 13.0. The summed E-state index contributed by atoms with van der Waals surface area (Å²) in [6.45, 7) is 4.48. The van der Waals surface area contributed by atoms with E-state index in [0.29, 0.717) is 12.5 Å². The monoisotopic (exact) mass is 252 g/mol. The van der Waals surface area contributed by atoms with Gasteiger partial charge in [-0.3, -0.25) is 4.79 Å². The second-order valence-electron chi connectivity index (χ2n) is 5.88. The van der Waals surface area contributed by atoms with E-state index in [4.69, 9.17) is 5.73 Å². The van der Waals surface area contributed by atoms with Gasteiger partial charge in [0, 0.05) is 12.0 Å². The predicted octanol–water partition coefficient (Wildman–Crippen LogP) is 0.348. The van der Waals surface area contributed by atoms with Crippen molar-refractivity contribution in [3.05, 3.63) is 11.4 Å². The van der Waals surface area contributed by atoms with Crippen LogP contribution in [0.1, 0.15) is 42.9 Å². The number of hydrogen-bond donors (Lipinski definition) is 2. The highest BCUT2D eigenvalue weighted by Crippen LogP contribution is 2.33. The lowest BCUT2D eigenvalue weighted by Crippen LogP contribution is -2.26. The fourth-order valence-electron chi connectivity index (χ4n) is 1.90. The van der Waals surface area contributed by atoms with Gasteiger partial charge < -0.3 is 10.8 Å². The maximum atomic E-state index is 11.3. The van der Waals surface area contributed by atoms with Crippen LogP contribution in [-0.4, -0.2) is 32.6 Å². The van der Waals surface area contributed by atoms with Gasteiger partial charge in [0.25, 0.3) is 5.91 Å². The Balaban J connectivity index is 2.25. The zero-order valence-corrected chi connectivity index (χ0v) is 10.9. The highest BCUT2D eigenvalue weighted by Gasteiger charge is 2.29. The SMILES string of the molecule is CC(C)(CO)Cn1nnc(C(N)=O)c1CC1CC1. The number of rotatable bonds is 6. The van der Waals surface area contributed by atoms with E-state index in [1.807, 2.05) is 13.8 Å². The van der Waals surface area contributed by atoms with Gasteiger partial charge in [-0.1, -0.05) is 19.1 Å². The number of primary amides is 1. The molecular weight excluding hydrogens is 232 g/mol. The number of aromatic nitrogens is 3. The van der Waals surface area contributed by atoms with E-state index in [1.54, 1.807) is 4.68 Å². The molecule has 1 aliphatic carbocycles.